The normalized spacial score (nSPS) is 21.6. The molecule has 3 rings (SSSR count). The zero-order chi connectivity index (χ0) is 13.8. The van der Waals surface area contributed by atoms with Crippen molar-refractivity contribution < 1.29 is 0 Å². The quantitative estimate of drug-likeness (QED) is 0.836. The molecule has 0 saturated carbocycles. The fourth-order valence-corrected chi connectivity index (χ4v) is 4.30. The van der Waals surface area contributed by atoms with E-state index < -0.39 is 0 Å². The highest BCUT2D eigenvalue weighted by atomic mass is 32.2. The van der Waals surface area contributed by atoms with Gasteiger partial charge in [-0.3, -0.25) is 4.90 Å². The molecular formula is C16H21N3S. The highest BCUT2D eigenvalue weighted by molar-refractivity contribution is 7.99. The number of anilines is 1. The third kappa shape index (κ3) is 2.94. The third-order valence-electron chi connectivity index (χ3n) is 4.39. The van der Waals surface area contributed by atoms with E-state index in [1.165, 1.54) is 24.3 Å². The van der Waals surface area contributed by atoms with Gasteiger partial charge in [0.2, 0.25) is 0 Å². The van der Waals surface area contributed by atoms with Gasteiger partial charge in [0.15, 0.2) is 0 Å². The Balaban J connectivity index is 1.62. The molecule has 2 heterocycles. The Kier molecular flexibility index (Phi) is 4.49. The predicted octanol–water partition coefficient (Wildman–Crippen LogP) is 2.58. The molecule has 1 aromatic rings. The van der Waals surface area contributed by atoms with E-state index in [2.05, 4.69) is 33.7 Å². The predicted molar refractivity (Wildman–Crippen MR) is 85.3 cm³/mol. The molecule has 0 spiro atoms. The first kappa shape index (κ1) is 13.8. The van der Waals surface area contributed by atoms with E-state index in [4.69, 9.17) is 0 Å². The van der Waals surface area contributed by atoms with Crippen LogP contribution in [0.3, 0.4) is 0 Å². The van der Waals surface area contributed by atoms with E-state index in [1.54, 1.807) is 0 Å². The molecule has 0 unspecified atom stereocenters. The van der Waals surface area contributed by atoms with Crippen molar-refractivity contribution in [3.05, 3.63) is 29.8 Å². The van der Waals surface area contributed by atoms with Crippen LogP contribution in [-0.4, -0.2) is 48.6 Å². The molecule has 0 bridgehead atoms. The van der Waals surface area contributed by atoms with Gasteiger partial charge in [0.05, 0.1) is 11.3 Å². The number of nitrogens with zero attached hydrogens (tertiary/aromatic N) is 3. The van der Waals surface area contributed by atoms with Crippen LogP contribution in [0.15, 0.2) is 24.3 Å². The van der Waals surface area contributed by atoms with Crippen LogP contribution in [0.4, 0.5) is 5.69 Å². The summed E-state index contributed by atoms with van der Waals surface area (Å²) >= 11 is 2.09. The minimum absolute atomic E-state index is 0.796. The number of piperazine rings is 1. The maximum atomic E-state index is 9.22. The summed E-state index contributed by atoms with van der Waals surface area (Å²) in [5.74, 6) is 2.64. The number of benzene rings is 1. The van der Waals surface area contributed by atoms with Crippen molar-refractivity contribution in [2.75, 3.05) is 42.6 Å². The summed E-state index contributed by atoms with van der Waals surface area (Å²) in [6.45, 7) is 4.36. The van der Waals surface area contributed by atoms with Crippen molar-refractivity contribution in [3.63, 3.8) is 0 Å². The number of hydrogen-bond acceptors (Lipinski definition) is 4. The molecule has 2 aliphatic heterocycles. The van der Waals surface area contributed by atoms with Crippen LogP contribution in [0.1, 0.15) is 18.4 Å². The van der Waals surface area contributed by atoms with Crippen LogP contribution in [0, 0.1) is 11.3 Å². The highest BCUT2D eigenvalue weighted by Gasteiger charge is 2.25. The molecule has 0 aliphatic carbocycles. The van der Waals surface area contributed by atoms with Crippen LogP contribution in [0.5, 0.6) is 0 Å². The summed E-state index contributed by atoms with van der Waals surface area (Å²) < 4.78 is 0. The molecule has 0 amide bonds. The van der Waals surface area contributed by atoms with E-state index in [-0.39, 0.29) is 0 Å². The van der Waals surface area contributed by atoms with Gasteiger partial charge < -0.3 is 4.90 Å². The van der Waals surface area contributed by atoms with Crippen LogP contribution >= 0.6 is 11.8 Å². The van der Waals surface area contributed by atoms with Crippen molar-refractivity contribution in [1.82, 2.24) is 4.90 Å². The van der Waals surface area contributed by atoms with Gasteiger partial charge in [-0.1, -0.05) is 12.1 Å². The average molecular weight is 287 g/mol. The largest absolute Gasteiger partial charge is 0.368 e. The lowest BCUT2D eigenvalue weighted by Crippen LogP contribution is -2.51. The van der Waals surface area contributed by atoms with E-state index in [9.17, 15) is 5.26 Å². The molecule has 2 fully saturated rings. The summed E-state index contributed by atoms with van der Waals surface area (Å²) in [6.07, 6.45) is 2.69. The van der Waals surface area contributed by atoms with Crippen LogP contribution < -0.4 is 4.90 Å². The summed E-state index contributed by atoms with van der Waals surface area (Å²) in [7, 11) is 0. The van der Waals surface area contributed by atoms with Gasteiger partial charge >= 0.3 is 0 Å². The summed E-state index contributed by atoms with van der Waals surface area (Å²) in [5.41, 5.74) is 1.91. The maximum absolute atomic E-state index is 9.22. The Morgan fingerprint density at radius 1 is 1.05 bits per heavy atom. The molecule has 0 N–H and O–H groups in total. The van der Waals surface area contributed by atoms with Gasteiger partial charge in [0.1, 0.15) is 6.07 Å². The molecule has 2 saturated heterocycles. The van der Waals surface area contributed by atoms with E-state index in [0.717, 1.165) is 43.5 Å². The second-order valence-electron chi connectivity index (χ2n) is 5.50. The molecule has 2 aliphatic rings. The zero-order valence-corrected chi connectivity index (χ0v) is 12.6. The lowest BCUT2D eigenvalue weighted by atomic mass is 10.1. The lowest BCUT2D eigenvalue weighted by Gasteiger charge is -2.41. The van der Waals surface area contributed by atoms with Crippen LogP contribution in [0.25, 0.3) is 0 Å². The van der Waals surface area contributed by atoms with E-state index >= 15 is 0 Å². The Bertz CT molecular complexity index is 483. The Morgan fingerprint density at radius 2 is 1.75 bits per heavy atom. The zero-order valence-electron chi connectivity index (χ0n) is 11.8. The van der Waals surface area contributed by atoms with Crippen molar-refractivity contribution in [2.24, 2.45) is 0 Å². The highest BCUT2D eigenvalue weighted by Crippen LogP contribution is 2.25. The third-order valence-corrected chi connectivity index (χ3v) is 5.44. The minimum Gasteiger partial charge on any atom is -0.368 e. The van der Waals surface area contributed by atoms with Crippen molar-refractivity contribution in [3.8, 4) is 6.07 Å². The summed E-state index contributed by atoms with van der Waals surface area (Å²) in [5, 5.41) is 9.22. The molecule has 4 heteroatoms. The van der Waals surface area contributed by atoms with E-state index in [1.807, 2.05) is 18.2 Å². The molecule has 1 aromatic carbocycles. The fraction of sp³-hybridized carbons (Fsp3) is 0.562. The van der Waals surface area contributed by atoms with Crippen molar-refractivity contribution >= 4 is 17.4 Å². The SMILES string of the molecule is N#Cc1ccccc1N1CCN(C2CCSCC2)CC1. The first-order chi connectivity index (χ1) is 9.88. The fourth-order valence-electron chi connectivity index (χ4n) is 3.22. The molecule has 0 radical (unpaired) electrons. The first-order valence-electron chi connectivity index (χ1n) is 7.44. The van der Waals surface area contributed by atoms with Gasteiger partial charge in [0, 0.05) is 32.2 Å². The number of rotatable bonds is 2. The van der Waals surface area contributed by atoms with E-state index in [0.29, 0.717) is 0 Å². The summed E-state index contributed by atoms with van der Waals surface area (Å²) in [4.78, 5) is 5.03. The minimum atomic E-state index is 0.796. The van der Waals surface area contributed by atoms with Crippen LogP contribution in [-0.2, 0) is 0 Å². The van der Waals surface area contributed by atoms with Crippen molar-refractivity contribution in [2.45, 2.75) is 18.9 Å². The molecule has 3 nitrogen and oxygen atoms in total. The average Bonchev–Trinajstić information content (AvgIpc) is 2.56. The Labute approximate surface area is 125 Å². The smallest absolute Gasteiger partial charge is 0.101 e. The number of thioether (sulfide) groups is 1. The number of para-hydroxylation sites is 1. The molecule has 0 aromatic heterocycles. The first-order valence-corrected chi connectivity index (χ1v) is 8.60. The topological polar surface area (TPSA) is 30.3 Å². The standard InChI is InChI=1S/C16H21N3S/c17-13-14-3-1-2-4-16(14)19-9-7-18(8-10-19)15-5-11-20-12-6-15/h1-4,15H,5-12H2. The van der Waals surface area contributed by atoms with Gasteiger partial charge in [-0.2, -0.15) is 17.0 Å². The number of hydrogen-bond donors (Lipinski definition) is 0. The Hall–Kier alpha value is -1.18. The van der Waals surface area contributed by atoms with Gasteiger partial charge in [-0.25, -0.2) is 0 Å². The van der Waals surface area contributed by atoms with Gasteiger partial charge in [-0.05, 0) is 36.5 Å². The lowest BCUT2D eigenvalue weighted by molar-refractivity contribution is 0.175. The monoisotopic (exact) mass is 287 g/mol. The number of nitriles is 1. The second kappa shape index (κ2) is 6.51. The summed E-state index contributed by atoms with van der Waals surface area (Å²) in [6, 6.07) is 11.1. The van der Waals surface area contributed by atoms with Crippen molar-refractivity contribution in [1.29, 1.82) is 5.26 Å². The molecule has 0 atom stereocenters. The van der Waals surface area contributed by atoms with Gasteiger partial charge in [0.25, 0.3) is 0 Å². The van der Waals surface area contributed by atoms with Crippen LogP contribution in [0.2, 0.25) is 0 Å². The molecular weight excluding hydrogens is 266 g/mol. The molecule has 20 heavy (non-hydrogen) atoms. The molecule has 106 valence electrons. The van der Waals surface area contributed by atoms with Gasteiger partial charge in [-0.15, -0.1) is 0 Å². The Morgan fingerprint density at radius 3 is 2.45 bits per heavy atom. The second-order valence-corrected chi connectivity index (χ2v) is 6.72. The maximum Gasteiger partial charge on any atom is 0.101 e.